The molecule has 0 radical (unpaired) electrons. The minimum atomic E-state index is -3.75. The third kappa shape index (κ3) is 3.45. The smallest absolute Gasteiger partial charge is 0.212 e. The zero-order valence-electron chi connectivity index (χ0n) is 14.1. The Morgan fingerprint density at radius 1 is 1.09 bits per heavy atom. The minimum Gasteiger partial charge on any atom is -0.212 e. The van der Waals surface area contributed by atoms with E-state index >= 15 is 0 Å². The lowest BCUT2D eigenvalue weighted by Crippen LogP contribution is -2.48. The highest BCUT2D eigenvalue weighted by atomic mass is 32.2. The lowest BCUT2D eigenvalue weighted by Gasteiger charge is -2.32. The fraction of sp³-hybridized carbons (Fsp3) is 0.600. The Morgan fingerprint density at radius 3 is 2.04 bits per heavy atom. The molecule has 0 aromatic heterocycles. The predicted molar refractivity (Wildman–Crippen MR) is 89.8 cm³/mol. The summed E-state index contributed by atoms with van der Waals surface area (Å²) in [5.74, 6) is -0.158. The number of benzene rings is 1. The molecule has 1 heterocycles. The lowest BCUT2D eigenvalue weighted by atomic mass is 10.2. The molecule has 0 N–H and O–H groups in total. The summed E-state index contributed by atoms with van der Waals surface area (Å²) in [7, 11) is -7.25. The van der Waals surface area contributed by atoms with Gasteiger partial charge in [-0.05, 0) is 31.9 Å². The second-order valence-corrected chi connectivity index (χ2v) is 10.3. The van der Waals surface area contributed by atoms with E-state index in [1.165, 1.54) is 8.61 Å². The van der Waals surface area contributed by atoms with Crippen LogP contribution in [0, 0.1) is 12.8 Å². The van der Waals surface area contributed by atoms with Crippen LogP contribution in [0.5, 0.6) is 0 Å². The van der Waals surface area contributed by atoms with Gasteiger partial charge in [0.2, 0.25) is 20.0 Å². The van der Waals surface area contributed by atoms with Gasteiger partial charge in [-0.25, -0.2) is 16.8 Å². The third-order valence-corrected chi connectivity index (χ3v) is 7.23. The van der Waals surface area contributed by atoms with Crippen LogP contribution in [0.4, 0.5) is 0 Å². The second kappa shape index (κ2) is 6.16. The quantitative estimate of drug-likeness (QED) is 0.818. The molecule has 0 amide bonds. The molecule has 1 aliphatic rings. The first-order valence-corrected chi connectivity index (χ1v) is 10.8. The summed E-state index contributed by atoms with van der Waals surface area (Å²) in [6.45, 7) is 7.45. The first kappa shape index (κ1) is 18.4. The van der Waals surface area contributed by atoms with E-state index < -0.39 is 32.3 Å². The number of sulfonamides is 2. The maximum atomic E-state index is 13.0. The first-order valence-electron chi connectivity index (χ1n) is 7.53. The SMILES string of the molecule is Cc1ccc(S(=O)(=O)N2C[C@H](C)N(S(C)(=O)=O)[C@H]2C(C)C)cc1. The Bertz CT molecular complexity index is 770. The van der Waals surface area contributed by atoms with E-state index in [0.29, 0.717) is 0 Å². The van der Waals surface area contributed by atoms with Gasteiger partial charge in [-0.1, -0.05) is 31.5 Å². The van der Waals surface area contributed by atoms with Crippen LogP contribution >= 0.6 is 0 Å². The summed E-state index contributed by atoms with van der Waals surface area (Å²) in [5.41, 5.74) is 0.969. The highest BCUT2D eigenvalue weighted by Crippen LogP contribution is 2.33. The van der Waals surface area contributed by atoms with Crippen LogP contribution in [-0.4, -0.2) is 50.5 Å². The van der Waals surface area contributed by atoms with Crippen LogP contribution in [0.3, 0.4) is 0 Å². The Morgan fingerprint density at radius 2 is 1.61 bits per heavy atom. The summed E-state index contributed by atoms with van der Waals surface area (Å²) in [5, 5.41) is 0. The molecule has 1 aliphatic heterocycles. The number of hydrogen-bond donors (Lipinski definition) is 0. The Kier molecular flexibility index (Phi) is 4.92. The normalized spacial score (nSPS) is 24.4. The fourth-order valence-corrected chi connectivity index (χ4v) is 6.39. The molecule has 0 unspecified atom stereocenters. The van der Waals surface area contributed by atoms with Crippen molar-refractivity contribution in [1.29, 1.82) is 0 Å². The summed E-state index contributed by atoms with van der Waals surface area (Å²) in [6.07, 6.45) is 0.423. The van der Waals surface area contributed by atoms with Crippen LogP contribution in [0.1, 0.15) is 26.3 Å². The van der Waals surface area contributed by atoms with Gasteiger partial charge < -0.3 is 0 Å². The van der Waals surface area contributed by atoms with Gasteiger partial charge in [0.05, 0.1) is 17.3 Å². The summed E-state index contributed by atoms with van der Waals surface area (Å²) in [6, 6.07) is 6.22. The van der Waals surface area contributed by atoms with Crippen molar-refractivity contribution in [2.75, 3.05) is 12.8 Å². The topological polar surface area (TPSA) is 74.8 Å². The highest BCUT2D eigenvalue weighted by Gasteiger charge is 2.49. The van der Waals surface area contributed by atoms with Gasteiger partial charge in [0.1, 0.15) is 0 Å². The van der Waals surface area contributed by atoms with E-state index in [2.05, 4.69) is 0 Å². The molecule has 0 spiro atoms. The Balaban J connectivity index is 2.51. The van der Waals surface area contributed by atoms with E-state index in [-0.39, 0.29) is 17.4 Å². The van der Waals surface area contributed by atoms with Crippen molar-refractivity contribution in [2.24, 2.45) is 5.92 Å². The van der Waals surface area contributed by atoms with E-state index in [1.807, 2.05) is 20.8 Å². The minimum absolute atomic E-state index is 0.158. The van der Waals surface area contributed by atoms with Gasteiger partial charge in [-0.2, -0.15) is 8.61 Å². The zero-order valence-corrected chi connectivity index (χ0v) is 15.7. The molecular formula is C15H24N2O4S2. The van der Waals surface area contributed by atoms with Gasteiger partial charge in [0, 0.05) is 12.6 Å². The number of nitrogens with zero attached hydrogens (tertiary/aromatic N) is 2. The van der Waals surface area contributed by atoms with Crippen LogP contribution in [0.25, 0.3) is 0 Å². The fourth-order valence-electron chi connectivity index (χ4n) is 3.07. The van der Waals surface area contributed by atoms with Gasteiger partial charge in [0.15, 0.2) is 0 Å². The number of aryl methyl sites for hydroxylation is 1. The van der Waals surface area contributed by atoms with Crippen molar-refractivity contribution in [3.63, 3.8) is 0 Å². The maximum Gasteiger partial charge on any atom is 0.244 e. The van der Waals surface area contributed by atoms with Crippen molar-refractivity contribution in [3.8, 4) is 0 Å². The van der Waals surface area contributed by atoms with Crippen LogP contribution in [0.15, 0.2) is 29.2 Å². The molecule has 1 saturated heterocycles. The molecule has 8 heteroatoms. The van der Waals surface area contributed by atoms with Crippen molar-refractivity contribution in [1.82, 2.24) is 8.61 Å². The summed E-state index contributed by atoms with van der Waals surface area (Å²) < 4.78 is 52.8. The highest BCUT2D eigenvalue weighted by molar-refractivity contribution is 7.89. The Labute approximate surface area is 139 Å². The largest absolute Gasteiger partial charge is 0.244 e. The van der Waals surface area contributed by atoms with Crippen molar-refractivity contribution >= 4 is 20.0 Å². The van der Waals surface area contributed by atoms with Crippen molar-refractivity contribution in [3.05, 3.63) is 29.8 Å². The maximum absolute atomic E-state index is 13.0. The van der Waals surface area contributed by atoms with Crippen LogP contribution < -0.4 is 0 Å². The predicted octanol–water partition coefficient (Wildman–Crippen LogP) is 1.63. The van der Waals surface area contributed by atoms with E-state index in [4.69, 9.17) is 0 Å². The average molecular weight is 361 g/mol. The van der Waals surface area contributed by atoms with Gasteiger partial charge in [-0.15, -0.1) is 0 Å². The molecule has 0 saturated carbocycles. The average Bonchev–Trinajstić information content (AvgIpc) is 2.77. The number of hydrogen-bond acceptors (Lipinski definition) is 4. The molecular weight excluding hydrogens is 336 g/mol. The molecule has 1 aromatic rings. The van der Waals surface area contributed by atoms with Crippen LogP contribution in [0.2, 0.25) is 0 Å². The molecule has 6 nitrogen and oxygen atoms in total. The Hall–Kier alpha value is -0.960. The molecule has 1 aromatic carbocycles. The first-order chi connectivity index (χ1) is 10.5. The summed E-state index contributed by atoms with van der Waals surface area (Å²) in [4.78, 5) is 0.191. The molecule has 130 valence electrons. The van der Waals surface area contributed by atoms with Crippen molar-refractivity contribution < 1.29 is 16.8 Å². The molecule has 0 bridgehead atoms. The van der Waals surface area contributed by atoms with E-state index in [0.717, 1.165) is 11.8 Å². The molecule has 2 rings (SSSR count). The van der Waals surface area contributed by atoms with E-state index in [1.54, 1.807) is 31.2 Å². The monoisotopic (exact) mass is 360 g/mol. The van der Waals surface area contributed by atoms with Gasteiger partial charge in [0.25, 0.3) is 0 Å². The lowest BCUT2D eigenvalue weighted by molar-refractivity contribution is 0.209. The second-order valence-electron chi connectivity index (χ2n) is 6.49. The van der Waals surface area contributed by atoms with Gasteiger partial charge >= 0.3 is 0 Å². The zero-order chi connectivity index (χ0) is 17.6. The molecule has 2 atom stereocenters. The van der Waals surface area contributed by atoms with Crippen LogP contribution in [-0.2, 0) is 20.0 Å². The summed E-state index contributed by atoms with van der Waals surface area (Å²) >= 11 is 0. The molecule has 23 heavy (non-hydrogen) atoms. The molecule has 0 aliphatic carbocycles. The van der Waals surface area contributed by atoms with Crippen molar-refractivity contribution in [2.45, 2.75) is 44.8 Å². The standard InChI is InChI=1S/C15H24N2O4S2/c1-11(2)15-16(10-13(4)17(15)22(5,18)19)23(20,21)14-8-6-12(3)7-9-14/h6-9,11,13,15H,10H2,1-5H3/t13-,15-/m0/s1. The van der Waals surface area contributed by atoms with Gasteiger partial charge in [-0.3, -0.25) is 0 Å². The number of rotatable bonds is 4. The molecule has 1 fully saturated rings. The third-order valence-electron chi connectivity index (χ3n) is 4.04. The van der Waals surface area contributed by atoms with E-state index in [9.17, 15) is 16.8 Å².